The number of methoxy groups -OCH3 is 1. The molecule has 2 N–H and O–H groups in total. The number of carbonyl (C=O) groups is 1. The molecule has 0 bridgehead atoms. The molecule has 7 nitrogen and oxygen atoms in total. The maximum absolute atomic E-state index is 12.0. The lowest BCUT2D eigenvalue weighted by molar-refractivity contribution is 0.237. The molecular weight excluding hydrogens is 354 g/mol. The predicted octanol–water partition coefficient (Wildman–Crippen LogP) is 2.68. The molecule has 1 aliphatic rings. The molecule has 7 heteroatoms. The summed E-state index contributed by atoms with van der Waals surface area (Å²) in [7, 11) is 1.63. The fourth-order valence-corrected chi connectivity index (χ4v) is 3.31. The molecule has 0 atom stereocenters. The quantitative estimate of drug-likeness (QED) is 0.805. The van der Waals surface area contributed by atoms with E-state index >= 15 is 0 Å². The first-order valence-corrected chi connectivity index (χ1v) is 9.44. The summed E-state index contributed by atoms with van der Waals surface area (Å²) in [6.07, 6.45) is 3.64. The van der Waals surface area contributed by atoms with Crippen molar-refractivity contribution in [1.29, 1.82) is 5.26 Å². The number of piperidine rings is 1. The topological polar surface area (TPSA) is 90.3 Å². The van der Waals surface area contributed by atoms with Gasteiger partial charge in [-0.3, -0.25) is 0 Å². The van der Waals surface area contributed by atoms with Crippen LogP contribution in [0.3, 0.4) is 0 Å². The van der Waals surface area contributed by atoms with Gasteiger partial charge in [0.1, 0.15) is 17.6 Å². The fraction of sp³-hybridized carbons (Fsp3) is 0.381. The number of nitriles is 1. The van der Waals surface area contributed by atoms with Crippen LogP contribution in [0.4, 0.5) is 10.6 Å². The first kappa shape index (κ1) is 19.5. The zero-order valence-electron chi connectivity index (χ0n) is 16.0. The van der Waals surface area contributed by atoms with E-state index < -0.39 is 0 Å². The number of urea groups is 1. The number of hydrogen-bond donors (Lipinski definition) is 2. The Labute approximate surface area is 165 Å². The van der Waals surface area contributed by atoms with Crippen LogP contribution >= 0.6 is 0 Å². The Morgan fingerprint density at radius 3 is 2.68 bits per heavy atom. The Morgan fingerprint density at radius 2 is 2.00 bits per heavy atom. The highest BCUT2D eigenvalue weighted by molar-refractivity contribution is 5.73. The lowest BCUT2D eigenvalue weighted by Gasteiger charge is -2.33. The molecule has 0 unspecified atom stereocenters. The average Bonchev–Trinajstić information content (AvgIpc) is 2.77. The molecule has 2 heterocycles. The third-order valence-electron chi connectivity index (χ3n) is 4.98. The van der Waals surface area contributed by atoms with E-state index in [2.05, 4.69) is 26.6 Å². The van der Waals surface area contributed by atoms with Crippen molar-refractivity contribution >= 4 is 11.8 Å². The maximum Gasteiger partial charge on any atom is 0.315 e. The van der Waals surface area contributed by atoms with E-state index in [0.717, 1.165) is 43.1 Å². The summed E-state index contributed by atoms with van der Waals surface area (Å²) in [6, 6.07) is 13.2. The van der Waals surface area contributed by atoms with E-state index in [1.54, 1.807) is 25.4 Å². The molecule has 2 aromatic rings. The number of nitrogens with zero attached hydrogens (tertiary/aromatic N) is 3. The Balaban J connectivity index is 1.39. The second-order valence-electron chi connectivity index (χ2n) is 6.83. The summed E-state index contributed by atoms with van der Waals surface area (Å²) in [6.45, 7) is 2.80. The molecule has 1 aromatic carbocycles. The largest absolute Gasteiger partial charge is 0.497 e. The second kappa shape index (κ2) is 9.60. The number of benzene rings is 1. The van der Waals surface area contributed by atoms with E-state index in [1.165, 1.54) is 0 Å². The van der Waals surface area contributed by atoms with Gasteiger partial charge in [-0.2, -0.15) is 5.26 Å². The lowest BCUT2D eigenvalue weighted by atomic mass is 9.96. The van der Waals surface area contributed by atoms with Gasteiger partial charge in [0.15, 0.2) is 0 Å². The lowest BCUT2D eigenvalue weighted by Crippen LogP contribution is -2.42. The highest BCUT2D eigenvalue weighted by Gasteiger charge is 2.22. The minimum absolute atomic E-state index is 0.158. The van der Waals surface area contributed by atoms with Gasteiger partial charge >= 0.3 is 6.03 Å². The van der Waals surface area contributed by atoms with Crippen LogP contribution < -0.4 is 20.3 Å². The van der Waals surface area contributed by atoms with Crippen molar-refractivity contribution in [2.24, 2.45) is 5.92 Å². The number of hydrogen-bond acceptors (Lipinski definition) is 5. The van der Waals surface area contributed by atoms with Crippen LogP contribution in [-0.4, -0.2) is 37.8 Å². The standard InChI is InChI=1S/C21H25N5O2/c1-28-19-6-4-16(5-7-19)14-24-21(27)25-15-17-8-11-26(12-9-17)20-18(13-22)3-2-10-23-20/h2-7,10,17H,8-9,11-12,14-15H2,1H3,(H2,24,25,27). The van der Waals surface area contributed by atoms with E-state index in [9.17, 15) is 10.1 Å². The maximum atomic E-state index is 12.0. The van der Waals surface area contributed by atoms with Crippen LogP contribution in [0.1, 0.15) is 24.0 Å². The van der Waals surface area contributed by atoms with Crippen LogP contribution in [0, 0.1) is 17.2 Å². The Morgan fingerprint density at radius 1 is 1.25 bits per heavy atom. The Kier molecular flexibility index (Phi) is 6.68. The number of ether oxygens (including phenoxy) is 1. The molecule has 0 saturated carbocycles. The van der Waals surface area contributed by atoms with E-state index in [0.29, 0.717) is 24.6 Å². The number of rotatable bonds is 6. The third-order valence-corrected chi connectivity index (χ3v) is 4.98. The summed E-state index contributed by atoms with van der Waals surface area (Å²) in [5.41, 5.74) is 1.63. The van der Waals surface area contributed by atoms with Gasteiger partial charge in [0.2, 0.25) is 0 Å². The van der Waals surface area contributed by atoms with Crippen LogP contribution in [0.25, 0.3) is 0 Å². The molecule has 146 valence electrons. The van der Waals surface area contributed by atoms with Crippen LogP contribution in [0.15, 0.2) is 42.6 Å². The molecule has 0 aliphatic carbocycles. The van der Waals surface area contributed by atoms with Gasteiger partial charge in [0.05, 0.1) is 12.7 Å². The molecule has 0 radical (unpaired) electrons. The number of nitrogens with one attached hydrogen (secondary N) is 2. The van der Waals surface area contributed by atoms with Gasteiger partial charge in [-0.15, -0.1) is 0 Å². The Bertz CT molecular complexity index is 823. The first-order chi connectivity index (χ1) is 13.7. The normalized spacial score (nSPS) is 14.2. The predicted molar refractivity (Wildman–Crippen MR) is 107 cm³/mol. The van der Waals surface area contributed by atoms with E-state index in [4.69, 9.17) is 4.74 Å². The number of aromatic nitrogens is 1. The van der Waals surface area contributed by atoms with Gasteiger partial charge in [-0.25, -0.2) is 9.78 Å². The minimum atomic E-state index is -0.158. The van der Waals surface area contributed by atoms with Gasteiger partial charge in [-0.1, -0.05) is 12.1 Å². The summed E-state index contributed by atoms with van der Waals surface area (Å²) < 4.78 is 5.13. The SMILES string of the molecule is COc1ccc(CNC(=O)NCC2CCN(c3ncccc3C#N)CC2)cc1. The van der Waals surface area contributed by atoms with Crippen molar-refractivity contribution in [3.63, 3.8) is 0 Å². The van der Waals surface area contributed by atoms with E-state index in [1.807, 2.05) is 24.3 Å². The van der Waals surface area contributed by atoms with Crippen molar-refractivity contribution in [3.05, 3.63) is 53.7 Å². The zero-order valence-corrected chi connectivity index (χ0v) is 16.0. The number of pyridine rings is 1. The van der Waals surface area contributed by atoms with Gasteiger partial charge < -0.3 is 20.3 Å². The molecule has 0 spiro atoms. The summed E-state index contributed by atoms with van der Waals surface area (Å²) in [5.74, 6) is 1.98. The first-order valence-electron chi connectivity index (χ1n) is 9.44. The summed E-state index contributed by atoms with van der Waals surface area (Å²) in [5, 5.41) is 15.1. The highest BCUT2D eigenvalue weighted by Crippen LogP contribution is 2.23. The molecule has 1 aliphatic heterocycles. The Hall–Kier alpha value is -3.27. The van der Waals surface area contributed by atoms with Gasteiger partial charge in [0, 0.05) is 32.4 Å². The van der Waals surface area contributed by atoms with Crippen molar-refractivity contribution in [2.75, 3.05) is 31.6 Å². The van der Waals surface area contributed by atoms with E-state index in [-0.39, 0.29) is 6.03 Å². The zero-order chi connectivity index (χ0) is 19.8. The summed E-state index contributed by atoms with van der Waals surface area (Å²) in [4.78, 5) is 18.6. The van der Waals surface area contributed by atoms with Crippen LogP contribution in [-0.2, 0) is 6.54 Å². The van der Waals surface area contributed by atoms with Crippen molar-refractivity contribution in [1.82, 2.24) is 15.6 Å². The molecule has 3 rings (SSSR count). The monoisotopic (exact) mass is 379 g/mol. The van der Waals surface area contributed by atoms with Crippen molar-refractivity contribution in [3.8, 4) is 11.8 Å². The van der Waals surface area contributed by atoms with Gasteiger partial charge in [0.25, 0.3) is 0 Å². The number of carbonyl (C=O) groups excluding carboxylic acids is 1. The van der Waals surface area contributed by atoms with Crippen molar-refractivity contribution < 1.29 is 9.53 Å². The average molecular weight is 379 g/mol. The molecule has 1 saturated heterocycles. The molecular formula is C21H25N5O2. The molecule has 1 fully saturated rings. The van der Waals surface area contributed by atoms with Crippen LogP contribution in [0.2, 0.25) is 0 Å². The molecule has 28 heavy (non-hydrogen) atoms. The fourth-order valence-electron chi connectivity index (χ4n) is 3.31. The second-order valence-corrected chi connectivity index (χ2v) is 6.83. The smallest absolute Gasteiger partial charge is 0.315 e. The highest BCUT2D eigenvalue weighted by atomic mass is 16.5. The minimum Gasteiger partial charge on any atom is -0.497 e. The number of anilines is 1. The molecule has 2 amide bonds. The van der Waals surface area contributed by atoms with Crippen molar-refractivity contribution in [2.45, 2.75) is 19.4 Å². The van der Waals surface area contributed by atoms with Gasteiger partial charge in [-0.05, 0) is 48.6 Å². The summed E-state index contributed by atoms with van der Waals surface area (Å²) >= 11 is 0. The molecule has 1 aromatic heterocycles. The third kappa shape index (κ3) is 5.13. The number of amides is 2. The van der Waals surface area contributed by atoms with Crippen LogP contribution in [0.5, 0.6) is 5.75 Å².